The van der Waals surface area contributed by atoms with Gasteiger partial charge in [-0.15, -0.1) is 0 Å². The number of para-hydroxylation sites is 1. The summed E-state index contributed by atoms with van der Waals surface area (Å²) in [4.78, 5) is 9.45. The molecule has 0 saturated heterocycles. The van der Waals surface area contributed by atoms with Crippen LogP contribution in [0.3, 0.4) is 0 Å². The third-order valence-electron chi connectivity index (χ3n) is 11.8. The van der Waals surface area contributed by atoms with E-state index in [1.807, 2.05) is 54.9 Å². The van der Waals surface area contributed by atoms with Crippen molar-refractivity contribution in [3.8, 4) is 56.5 Å². The number of benzene rings is 9. The van der Waals surface area contributed by atoms with Gasteiger partial charge < -0.3 is 4.57 Å². The molecule has 0 aliphatic heterocycles. The molecule has 12 aromatic rings. The minimum absolute atomic E-state index is 0.661. The van der Waals surface area contributed by atoms with Gasteiger partial charge in [-0.05, 0) is 144 Å². The molecule has 4 nitrogen and oxygen atoms in total. The predicted molar refractivity (Wildman–Crippen MR) is 235 cm³/mol. The maximum absolute atomic E-state index is 9.99. The molecule has 4 heteroatoms. The number of nitrogens with zero attached hydrogens (tertiary/aromatic N) is 4. The van der Waals surface area contributed by atoms with E-state index in [1.54, 1.807) is 0 Å². The van der Waals surface area contributed by atoms with Crippen molar-refractivity contribution in [2.24, 2.45) is 0 Å². The second-order valence-electron chi connectivity index (χ2n) is 14.9. The van der Waals surface area contributed by atoms with Crippen molar-refractivity contribution in [3.05, 3.63) is 188 Å². The molecule has 0 radical (unpaired) electrons. The predicted octanol–water partition coefficient (Wildman–Crippen LogP) is 13.6. The topological polar surface area (TPSA) is 54.5 Å². The fourth-order valence-electron chi connectivity index (χ4n) is 9.29. The lowest BCUT2D eigenvalue weighted by atomic mass is 9.86. The molecule has 12 rings (SSSR count). The summed E-state index contributed by atoms with van der Waals surface area (Å²) in [5.74, 6) is 0. The molecule has 0 unspecified atom stereocenters. The summed E-state index contributed by atoms with van der Waals surface area (Å²) in [5, 5.41) is 22.1. The molecule has 9 aromatic carbocycles. The number of hydrogen-bond acceptors (Lipinski definition) is 3. The van der Waals surface area contributed by atoms with Gasteiger partial charge in [-0.3, -0.25) is 9.97 Å². The van der Waals surface area contributed by atoms with E-state index in [-0.39, 0.29) is 0 Å². The normalized spacial score (nSPS) is 11.8. The minimum atomic E-state index is 0.661. The summed E-state index contributed by atoms with van der Waals surface area (Å²) < 4.78 is 2.33. The van der Waals surface area contributed by atoms with Gasteiger partial charge in [0.2, 0.25) is 0 Å². The number of rotatable bonds is 5. The van der Waals surface area contributed by atoms with Crippen molar-refractivity contribution in [1.29, 1.82) is 5.26 Å². The first kappa shape index (κ1) is 31.5. The third-order valence-corrected chi connectivity index (χ3v) is 11.8. The number of nitriles is 1. The fraction of sp³-hybridized carbons (Fsp3) is 0. The van der Waals surface area contributed by atoms with Crippen LogP contribution in [0.2, 0.25) is 0 Å². The van der Waals surface area contributed by atoms with Gasteiger partial charge in [-0.1, -0.05) is 91.0 Å². The largest absolute Gasteiger partial charge is 0.309 e. The van der Waals surface area contributed by atoms with E-state index in [4.69, 9.17) is 9.97 Å². The van der Waals surface area contributed by atoms with Gasteiger partial charge in [0.25, 0.3) is 0 Å². The van der Waals surface area contributed by atoms with Crippen LogP contribution in [-0.4, -0.2) is 14.5 Å². The summed E-state index contributed by atoms with van der Waals surface area (Å²) in [7, 11) is 0. The highest BCUT2D eigenvalue weighted by atomic mass is 15.0. The first-order chi connectivity index (χ1) is 28.2. The van der Waals surface area contributed by atoms with Crippen molar-refractivity contribution >= 4 is 64.9 Å². The molecule has 0 fully saturated rings. The van der Waals surface area contributed by atoms with E-state index in [9.17, 15) is 5.26 Å². The molecular weight excluding hydrogens is 693 g/mol. The Kier molecular flexibility index (Phi) is 6.66. The highest BCUT2D eigenvalue weighted by Crippen LogP contribution is 2.46. The highest BCUT2D eigenvalue weighted by molar-refractivity contribution is 6.29. The number of aromatic nitrogens is 3. The van der Waals surface area contributed by atoms with Crippen LogP contribution in [0, 0.1) is 11.3 Å². The molecule has 3 aromatic heterocycles. The van der Waals surface area contributed by atoms with Gasteiger partial charge in [0, 0.05) is 40.0 Å². The first-order valence-electron chi connectivity index (χ1n) is 19.2. The van der Waals surface area contributed by atoms with E-state index in [1.165, 1.54) is 59.6 Å². The van der Waals surface area contributed by atoms with Crippen LogP contribution >= 0.6 is 0 Å². The van der Waals surface area contributed by atoms with Crippen LogP contribution in [0.15, 0.2) is 182 Å². The smallest absolute Gasteiger partial charge is 0.0992 e. The van der Waals surface area contributed by atoms with Gasteiger partial charge in [-0.25, -0.2) is 0 Å². The van der Waals surface area contributed by atoms with Gasteiger partial charge in [0.1, 0.15) is 0 Å². The lowest BCUT2D eigenvalue weighted by Crippen LogP contribution is -1.94. The van der Waals surface area contributed by atoms with Gasteiger partial charge >= 0.3 is 0 Å². The maximum atomic E-state index is 9.99. The van der Waals surface area contributed by atoms with Crippen LogP contribution in [0.25, 0.3) is 115 Å². The van der Waals surface area contributed by atoms with Gasteiger partial charge in [-0.2, -0.15) is 5.26 Å². The molecule has 262 valence electrons. The molecule has 0 spiro atoms. The minimum Gasteiger partial charge on any atom is -0.309 e. The molecule has 0 saturated carbocycles. The molecular formula is C53H30N4. The number of hydrogen-bond donors (Lipinski definition) is 0. The number of pyridine rings is 2. The summed E-state index contributed by atoms with van der Waals surface area (Å²) in [6.45, 7) is 0. The monoisotopic (exact) mass is 722 g/mol. The van der Waals surface area contributed by atoms with E-state index >= 15 is 0 Å². The standard InChI is InChI=1S/C53H30N4/c54-31-32-24-35-12-13-36-26-38(30-49-53(36)52(35)48(25-32)57(49)41-8-2-1-3-9-41)43-19-15-34-16-20-44-42(18-14-33-17-21-45(43)51(34)50(33)44)37-27-39(46-10-4-6-22-55-46)29-40(28-37)47-11-5-7-23-56-47/h1-30H. The summed E-state index contributed by atoms with van der Waals surface area (Å²) in [5.41, 5.74) is 12.5. The Bertz CT molecular complexity index is 3500. The Morgan fingerprint density at radius 2 is 0.912 bits per heavy atom. The summed E-state index contributed by atoms with van der Waals surface area (Å²) >= 11 is 0. The van der Waals surface area contributed by atoms with Crippen LogP contribution < -0.4 is 0 Å². The Morgan fingerprint density at radius 3 is 1.49 bits per heavy atom. The molecule has 0 aliphatic rings. The first-order valence-corrected chi connectivity index (χ1v) is 19.2. The van der Waals surface area contributed by atoms with Crippen molar-refractivity contribution in [2.45, 2.75) is 0 Å². The van der Waals surface area contributed by atoms with E-state index in [2.05, 4.69) is 138 Å². The van der Waals surface area contributed by atoms with Crippen LogP contribution in [0.4, 0.5) is 0 Å². The van der Waals surface area contributed by atoms with E-state index in [0.29, 0.717) is 5.56 Å². The Morgan fingerprint density at radius 1 is 0.404 bits per heavy atom. The SMILES string of the molecule is N#Cc1cc2ccc3cc(-c4ccc5ccc6c(-c7cc(-c8ccccn8)cc(-c8ccccn8)c7)ccc7ccc4c5c76)cc4c3c2c(c1)n4-c1ccccc1. The molecule has 57 heavy (non-hydrogen) atoms. The highest BCUT2D eigenvalue weighted by Gasteiger charge is 2.21. The lowest BCUT2D eigenvalue weighted by Gasteiger charge is -2.18. The van der Waals surface area contributed by atoms with E-state index in [0.717, 1.165) is 55.7 Å². The van der Waals surface area contributed by atoms with Crippen molar-refractivity contribution in [3.63, 3.8) is 0 Å². The average Bonchev–Trinajstić information content (AvgIpc) is 3.62. The zero-order valence-electron chi connectivity index (χ0n) is 30.6. The van der Waals surface area contributed by atoms with Crippen molar-refractivity contribution < 1.29 is 0 Å². The van der Waals surface area contributed by atoms with Crippen LogP contribution in [0.5, 0.6) is 0 Å². The quantitative estimate of drug-likeness (QED) is 0.166. The fourth-order valence-corrected chi connectivity index (χ4v) is 9.29. The summed E-state index contributed by atoms with van der Waals surface area (Å²) in [6, 6.07) is 63.1. The molecule has 0 N–H and O–H groups in total. The molecule has 0 bridgehead atoms. The Hall–Kier alpha value is -7.87. The van der Waals surface area contributed by atoms with Gasteiger partial charge in [0.15, 0.2) is 0 Å². The second-order valence-corrected chi connectivity index (χ2v) is 14.9. The zero-order valence-corrected chi connectivity index (χ0v) is 30.6. The molecule has 0 aliphatic carbocycles. The molecule has 0 amide bonds. The van der Waals surface area contributed by atoms with E-state index < -0.39 is 0 Å². The molecule has 3 heterocycles. The van der Waals surface area contributed by atoms with Crippen molar-refractivity contribution in [2.75, 3.05) is 0 Å². The Labute approximate surface area is 327 Å². The summed E-state index contributed by atoms with van der Waals surface area (Å²) in [6.07, 6.45) is 3.70. The maximum Gasteiger partial charge on any atom is 0.0992 e. The average molecular weight is 723 g/mol. The second kappa shape index (κ2) is 12.1. The van der Waals surface area contributed by atoms with Gasteiger partial charge in [0.05, 0.1) is 34.1 Å². The lowest BCUT2D eigenvalue weighted by molar-refractivity contribution is 1.18. The molecule has 0 atom stereocenters. The third kappa shape index (κ3) is 4.73. The van der Waals surface area contributed by atoms with Crippen molar-refractivity contribution in [1.82, 2.24) is 14.5 Å². The van der Waals surface area contributed by atoms with Crippen LogP contribution in [-0.2, 0) is 0 Å². The van der Waals surface area contributed by atoms with Crippen LogP contribution in [0.1, 0.15) is 5.56 Å². The zero-order chi connectivity index (χ0) is 37.6. The Balaban J connectivity index is 1.11.